The summed E-state index contributed by atoms with van der Waals surface area (Å²) >= 11 is 0. The SMILES string of the molecule is COc1ccccc1/C=C/C(=O)/C=C/c1ccc(OCn2cnc3c(C)cccc3c2=O)cc1. The fourth-order valence-corrected chi connectivity index (χ4v) is 3.46. The number of methoxy groups -OCH3 is 1. The van der Waals surface area contributed by atoms with Crippen LogP contribution >= 0.6 is 0 Å². The van der Waals surface area contributed by atoms with E-state index in [9.17, 15) is 9.59 Å². The van der Waals surface area contributed by atoms with Gasteiger partial charge in [0.15, 0.2) is 12.5 Å². The van der Waals surface area contributed by atoms with Crippen LogP contribution in [0.15, 0.2) is 90.0 Å². The Bertz CT molecular complexity index is 1430. The molecule has 0 aliphatic heterocycles. The third kappa shape index (κ3) is 5.30. The largest absolute Gasteiger partial charge is 0.496 e. The average molecular weight is 453 g/mol. The molecule has 1 aromatic heterocycles. The maximum absolute atomic E-state index is 12.7. The third-order valence-electron chi connectivity index (χ3n) is 5.31. The number of ether oxygens (including phenoxy) is 2. The summed E-state index contributed by atoms with van der Waals surface area (Å²) in [6.45, 7) is 1.98. The van der Waals surface area contributed by atoms with E-state index in [1.165, 1.54) is 23.0 Å². The Labute approximate surface area is 197 Å². The Morgan fingerprint density at radius 3 is 2.53 bits per heavy atom. The molecule has 0 fully saturated rings. The van der Waals surface area contributed by atoms with Crippen molar-refractivity contribution in [1.29, 1.82) is 0 Å². The van der Waals surface area contributed by atoms with Crippen LogP contribution in [0.2, 0.25) is 0 Å². The van der Waals surface area contributed by atoms with Crippen molar-refractivity contribution in [2.24, 2.45) is 0 Å². The first-order valence-corrected chi connectivity index (χ1v) is 10.8. The van der Waals surface area contributed by atoms with Gasteiger partial charge in [0.25, 0.3) is 5.56 Å². The van der Waals surface area contributed by atoms with Crippen molar-refractivity contribution in [3.63, 3.8) is 0 Å². The second-order valence-electron chi connectivity index (χ2n) is 7.64. The Morgan fingerprint density at radius 2 is 1.74 bits per heavy atom. The van der Waals surface area contributed by atoms with E-state index < -0.39 is 0 Å². The van der Waals surface area contributed by atoms with Crippen LogP contribution in [0.25, 0.3) is 23.1 Å². The standard InChI is InChI=1S/C28H24N2O4/c1-20-6-5-8-25-27(20)29-18-30(28(25)32)19-34-24-16-11-21(12-17-24)10-14-23(31)15-13-22-7-3-4-9-26(22)33-2/h3-18H,19H2,1-2H3/b14-10+,15-13+. The minimum absolute atomic E-state index is 0.0527. The van der Waals surface area contributed by atoms with Crippen LogP contribution in [0.4, 0.5) is 0 Å². The third-order valence-corrected chi connectivity index (χ3v) is 5.31. The zero-order valence-corrected chi connectivity index (χ0v) is 19.0. The molecule has 0 aliphatic carbocycles. The summed E-state index contributed by atoms with van der Waals surface area (Å²) in [5, 5.41) is 0.566. The number of carbonyl (C=O) groups is 1. The van der Waals surface area contributed by atoms with Crippen molar-refractivity contribution < 1.29 is 14.3 Å². The number of hydrogen-bond acceptors (Lipinski definition) is 5. The highest BCUT2D eigenvalue weighted by Crippen LogP contribution is 2.19. The van der Waals surface area contributed by atoms with E-state index in [-0.39, 0.29) is 18.1 Å². The number of para-hydroxylation sites is 2. The molecule has 6 nitrogen and oxygen atoms in total. The molecule has 4 aromatic rings. The molecule has 0 radical (unpaired) electrons. The molecule has 34 heavy (non-hydrogen) atoms. The van der Waals surface area contributed by atoms with Crippen molar-refractivity contribution in [2.75, 3.05) is 7.11 Å². The Balaban J connectivity index is 1.37. The molecule has 0 N–H and O–H groups in total. The summed E-state index contributed by atoms with van der Waals surface area (Å²) < 4.78 is 12.5. The average Bonchev–Trinajstić information content (AvgIpc) is 2.87. The molecule has 0 spiro atoms. The number of benzene rings is 3. The number of aromatic nitrogens is 2. The minimum Gasteiger partial charge on any atom is -0.496 e. The highest BCUT2D eigenvalue weighted by Gasteiger charge is 2.06. The van der Waals surface area contributed by atoms with Gasteiger partial charge in [0.2, 0.25) is 0 Å². The first-order chi connectivity index (χ1) is 16.5. The van der Waals surface area contributed by atoms with Crippen LogP contribution in [0.1, 0.15) is 16.7 Å². The summed E-state index contributed by atoms with van der Waals surface area (Å²) in [5.41, 5.74) is 3.20. The van der Waals surface area contributed by atoms with Gasteiger partial charge < -0.3 is 9.47 Å². The fraction of sp³-hybridized carbons (Fsp3) is 0.107. The number of carbonyl (C=O) groups excluding carboxylic acids is 1. The quantitative estimate of drug-likeness (QED) is 0.350. The smallest absolute Gasteiger partial charge is 0.263 e. The molecule has 0 amide bonds. The Morgan fingerprint density at radius 1 is 0.971 bits per heavy atom. The number of aryl methyl sites for hydroxylation is 1. The number of ketones is 1. The van der Waals surface area contributed by atoms with Gasteiger partial charge in [0.1, 0.15) is 17.8 Å². The monoisotopic (exact) mass is 452 g/mol. The lowest BCUT2D eigenvalue weighted by molar-refractivity contribution is -0.110. The molecule has 0 unspecified atom stereocenters. The second-order valence-corrected chi connectivity index (χ2v) is 7.64. The molecule has 4 rings (SSSR count). The van der Waals surface area contributed by atoms with E-state index in [1.54, 1.807) is 37.5 Å². The summed E-state index contributed by atoms with van der Waals surface area (Å²) in [6, 6.07) is 20.3. The lowest BCUT2D eigenvalue weighted by atomic mass is 10.1. The van der Waals surface area contributed by atoms with Crippen molar-refractivity contribution in [1.82, 2.24) is 9.55 Å². The van der Waals surface area contributed by atoms with E-state index >= 15 is 0 Å². The lowest BCUT2D eigenvalue weighted by Crippen LogP contribution is -2.23. The van der Waals surface area contributed by atoms with E-state index in [0.29, 0.717) is 22.4 Å². The molecule has 0 saturated heterocycles. The second kappa shape index (κ2) is 10.4. The molecule has 0 aliphatic rings. The summed E-state index contributed by atoms with van der Waals surface area (Å²) in [7, 11) is 1.60. The molecular weight excluding hydrogens is 428 g/mol. The molecule has 170 valence electrons. The van der Waals surface area contributed by atoms with Crippen LogP contribution < -0.4 is 15.0 Å². The molecule has 6 heteroatoms. The van der Waals surface area contributed by atoms with E-state index in [2.05, 4.69) is 4.98 Å². The van der Waals surface area contributed by atoms with Crippen LogP contribution in [0.5, 0.6) is 11.5 Å². The first kappa shape index (κ1) is 22.7. The van der Waals surface area contributed by atoms with Gasteiger partial charge in [0.05, 0.1) is 18.0 Å². The van der Waals surface area contributed by atoms with Crippen molar-refractivity contribution in [2.45, 2.75) is 13.7 Å². The van der Waals surface area contributed by atoms with Gasteiger partial charge in [-0.1, -0.05) is 48.5 Å². The predicted octanol–water partition coefficient (Wildman–Crippen LogP) is 5.05. The van der Waals surface area contributed by atoms with Crippen LogP contribution in [-0.2, 0) is 11.5 Å². The number of hydrogen-bond donors (Lipinski definition) is 0. The Kier molecular flexibility index (Phi) is 6.98. The summed E-state index contributed by atoms with van der Waals surface area (Å²) in [6.07, 6.45) is 7.97. The maximum Gasteiger partial charge on any atom is 0.263 e. The van der Waals surface area contributed by atoms with Gasteiger partial charge in [-0.2, -0.15) is 0 Å². The molecule has 3 aromatic carbocycles. The molecular formula is C28H24N2O4. The van der Waals surface area contributed by atoms with Gasteiger partial charge >= 0.3 is 0 Å². The fourth-order valence-electron chi connectivity index (χ4n) is 3.46. The topological polar surface area (TPSA) is 70.4 Å². The Hall–Kier alpha value is -4.45. The maximum atomic E-state index is 12.7. The number of allylic oxidation sites excluding steroid dienone is 2. The van der Waals surface area contributed by atoms with Crippen LogP contribution in [0, 0.1) is 6.92 Å². The summed E-state index contributed by atoms with van der Waals surface area (Å²) in [5.74, 6) is 1.18. The molecule has 1 heterocycles. The lowest BCUT2D eigenvalue weighted by Gasteiger charge is -2.10. The van der Waals surface area contributed by atoms with Crippen LogP contribution in [0.3, 0.4) is 0 Å². The summed E-state index contributed by atoms with van der Waals surface area (Å²) in [4.78, 5) is 29.2. The zero-order valence-electron chi connectivity index (χ0n) is 19.0. The van der Waals surface area contributed by atoms with Crippen LogP contribution in [-0.4, -0.2) is 22.4 Å². The number of rotatable bonds is 8. The van der Waals surface area contributed by atoms with Gasteiger partial charge in [-0.05, 0) is 60.5 Å². The van der Waals surface area contributed by atoms with Gasteiger partial charge in [-0.25, -0.2) is 4.98 Å². The van der Waals surface area contributed by atoms with Gasteiger partial charge in [0, 0.05) is 5.56 Å². The minimum atomic E-state index is -0.145. The van der Waals surface area contributed by atoms with Crippen molar-refractivity contribution in [3.8, 4) is 11.5 Å². The van der Waals surface area contributed by atoms with E-state index in [0.717, 1.165) is 16.7 Å². The van der Waals surface area contributed by atoms with E-state index in [1.807, 2.05) is 55.5 Å². The molecule has 0 saturated carbocycles. The van der Waals surface area contributed by atoms with Gasteiger partial charge in [-0.3, -0.25) is 14.2 Å². The molecule has 0 bridgehead atoms. The van der Waals surface area contributed by atoms with E-state index in [4.69, 9.17) is 9.47 Å². The number of fused-ring (bicyclic) bond motifs is 1. The first-order valence-electron chi connectivity index (χ1n) is 10.8. The van der Waals surface area contributed by atoms with Crippen molar-refractivity contribution in [3.05, 3.63) is 112 Å². The van der Waals surface area contributed by atoms with Gasteiger partial charge in [-0.15, -0.1) is 0 Å². The highest BCUT2D eigenvalue weighted by molar-refractivity contribution is 6.04. The highest BCUT2D eigenvalue weighted by atomic mass is 16.5. The zero-order chi connectivity index (χ0) is 23.9. The predicted molar refractivity (Wildman–Crippen MR) is 134 cm³/mol. The number of nitrogens with zero attached hydrogens (tertiary/aromatic N) is 2. The normalized spacial score (nSPS) is 11.4. The van der Waals surface area contributed by atoms with Crippen molar-refractivity contribution >= 4 is 28.8 Å². The molecule has 0 atom stereocenters.